The Bertz CT molecular complexity index is 817. The number of piperidine rings is 1. The number of hydrogen-bond acceptors (Lipinski definition) is 2. The van der Waals surface area contributed by atoms with Gasteiger partial charge < -0.3 is 15.1 Å². The molecule has 2 aromatic carbocycles. The van der Waals surface area contributed by atoms with E-state index in [-0.39, 0.29) is 18.0 Å². The minimum Gasteiger partial charge on any atom is -0.336 e. The first kappa shape index (κ1) is 19.5. The van der Waals surface area contributed by atoms with Crippen LogP contribution >= 0.6 is 0 Å². The SMILES string of the molecule is O=C1CC(NC(=O)N2CCC(Cc3ccccc3)CC2)CN1Cc1ccccc1. The Hall–Kier alpha value is -2.82. The summed E-state index contributed by atoms with van der Waals surface area (Å²) in [5.74, 6) is 0.747. The van der Waals surface area contributed by atoms with Gasteiger partial charge in [0.05, 0.1) is 6.04 Å². The van der Waals surface area contributed by atoms with Crippen molar-refractivity contribution in [1.82, 2.24) is 15.1 Å². The van der Waals surface area contributed by atoms with E-state index in [1.165, 1.54) is 5.56 Å². The van der Waals surface area contributed by atoms with Gasteiger partial charge in [0, 0.05) is 32.6 Å². The van der Waals surface area contributed by atoms with Crippen LogP contribution in [0.15, 0.2) is 60.7 Å². The molecular formula is C24H29N3O2. The highest BCUT2D eigenvalue weighted by atomic mass is 16.2. The number of hydrogen-bond donors (Lipinski definition) is 1. The van der Waals surface area contributed by atoms with Gasteiger partial charge in [-0.05, 0) is 36.3 Å². The lowest BCUT2D eigenvalue weighted by atomic mass is 9.90. The van der Waals surface area contributed by atoms with Crippen LogP contribution in [0.4, 0.5) is 4.79 Å². The van der Waals surface area contributed by atoms with Crippen molar-refractivity contribution >= 4 is 11.9 Å². The van der Waals surface area contributed by atoms with E-state index in [0.717, 1.165) is 37.9 Å². The fourth-order valence-corrected chi connectivity index (χ4v) is 4.38. The predicted molar refractivity (Wildman–Crippen MR) is 113 cm³/mol. The molecule has 1 atom stereocenters. The average Bonchev–Trinajstić information content (AvgIpc) is 3.08. The Balaban J connectivity index is 1.22. The zero-order valence-corrected chi connectivity index (χ0v) is 16.8. The monoisotopic (exact) mass is 391 g/mol. The van der Waals surface area contributed by atoms with Gasteiger partial charge in [0.15, 0.2) is 0 Å². The molecule has 2 saturated heterocycles. The summed E-state index contributed by atoms with van der Waals surface area (Å²) in [6, 6.07) is 20.4. The molecule has 2 aliphatic rings. The second-order valence-corrected chi connectivity index (χ2v) is 8.23. The summed E-state index contributed by atoms with van der Waals surface area (Å²) >= 11 is 0. The van der Waals surface area contributed by atoms with Crippen LogP contribution in [-0.4, -0.2) is 47.4 Å². The molecule has 3 amide bonds. The van der Waals surface area contributed by atoms with Crippen LogP contribution in [0.25, 0.3) is 0 Å². The van der Waals surface area contributed by atoms with Crippen LogP contribution in [0.2, 0.25) is 0 Å². The lowest BCUT2D eigenvalue weighted by Gasteiger charge is -2.33. The molecule has 2 fully saturated rings. The van der Waals surface area contributed by atoms with Gasteiger partial charge >= 0.3 is 6.03 Å². The molecule has 0 bridgehead atoms. The van der Waals surface area contributed by atoms with Crippen LogP contribution in [0, 0.1) is 5.92 Å². The smallest absolute Gasteiger partial charge is 0.317 e. The van der Waals surface area contributed by atoms with Gasteiger partial charge in [-0.15, -0.1) is 0 Å². The third-order valence-electron chi connectivity index (χ3n) is 6.03. The molecule has 2 aromatic rings. The molecule has 0 saturated carbocycles. The maximum atomic E-state index is 12.7. The van der Waals surface area contributed by atoms with Gasteiger partial charge in [-0.2, -0.15) is 0 Å². The predicted octanol–water partition coefficient (Wildman–Crippen LogP) is 3.45. The second kappa shape index (κ2) is 9.12. The molecule has 0 aliphatic carbocycles. The van der Waals surface area contributed by atoms with Crippen LogP contribution < -0.4 is 5.32 Å². The van der Waals surface area contributed by atoms with Crippen molar-refractivity contribution in [3.63, 3.8) is 0 Å². The fourth-order valence-electron chi connectivity index (χ4n) is 4.38. The summed E-state index contributed by atoms with van der Waals surface area (Å²) in [5.41, 5.74) is 2.49. The van der Waals surface area contributed by atoms with Crippen LogP contribution in [-0.2, 0) is 17.8 Å². The molecule has 0 aromatic heterocycles. The first-order valence-corrected chi connectivity index (χ1v) is 10.6. The lowest BCUT2D eigenvalue weighted by Crippen LogP contribution is -2.48. The fraction of sp³-hybridized carbons (Fsp3) is 0.417. The summed E-state index contributed by atoms with van der Waals surface area (Å²) in [7, 11) is 0. The lowest BCUT2D eigenvalue weighted by molar-refractivity contribution is -0.128. The molecule has 1 N–H and O–H groups in total. The Labute approximate surface area is 172 Å². The molecule has 4 rings (SSSR count). The van der Waals surface area contributed by atoms with Gasteiger partial charge in [-0.3, -0.25) is 4.79 Å². The molecule has 2 aliphatic heterocycles. The topological polar surface area (TPSA) is 52.7 Å². The van der Waals surface area contributed by atoms with Crippen LogP contribution in [0.5, 0.6) is 0 Å². The van der Waals surface area contributed by atoms with Crippen molar-refractivity contribution in [3.8, 4) is 0 Å². The Morgan fingerprint density at radius 1 is 0.931 bits per heavy atom. The number of carbonyl (C=O) groups is 2. The van der Waals surface area contributed by atoms with Gasteiger partial charge in [-0.1, -0.05) is 60.7 Å². The third-order valence-corrected chi connectivity index (χ3v) is 6.03. The summed E-state index contributed by atoms with van der Waals surface area (Å²) in [6.45, 7) is 2.77. The van der Waals surface area contributed by atoms with Gasteiger partial charge in [0.25, 0.3) is 0 Å². The zero-order chi connectivity index (χ0) is 20.1. The van der Waals surface area contributed by atoms with E-state index in [0.29, 0.717) is 25.4 Å². The average molecular weight is 392 g/mol. The first-order valence-electron chi connectivity index (χ1n) is 10.6. The molecule has 5 heteroatoms. The van der Waals surface area contributed by atoms with Crippen LogP contribution in [0.1, 0.15) is 30.4 Å². The standard InChI is InChI=1S/C24H29N3O2/c28-23-16-22(18-27(23)17-21-9-5-2-6-10-21)25-24(29)26-13-11-20(12-14-26)15-19-7-3-1-4-8-19/h1-10,20,22H,11-18H2,(H,25,29). The maximum Gasteiger partial charge on any atom is 0.317 e. The van der Waals surface area contributed by atoms with Crippen molar-refractivity contribution in [1.29, 1.82) is 0 Å². The number of nitrogens with one attached hydrogen (secondary N) is 1. The van der Waals surface area contributed by atoms with E-state index in [1.807, 2.05) is 46.2 Å². The van der Waals surface area contributed by atoms with Crippen molar-refractivity contribution in [2.24, 2.45) is 5.92 Å². The zero-order valence-electron chi connectivity index (χ0n) is 16.8. The van der Waals surface area contributed by atoms with Crippen molar-refractivity contribution in [3.05, 3.63) is 71.8 Å². The van der Waals surface area contributed by atoms with E-state index in [4.69, 9.17) is 0 Å². The molecule has 0 spiro atoms. The highest BCUT2D eigenvalue weighted by molar-refractivity contribution is 5.81. The Morgan fingerprint density at radius 3 is 2.21 bits per heavy atom. The number of rotatable bonds is 5. The van der Waals surface area contributed by atoms with Crippen molar-refractivity contribution in [2.75, 3.05) is 19.6 Å². The minimum absolute atomic E-state index is 0.0254. The van der Waals surface area contributed by atoms with Gasteiger partial charge in [0.2, 0.25) is 5.91 Å². The van der Waals surface area contributed by atoms with E-state index < -0.39 is 0 Å². The van der Waals surface area contributed by atoms with E-state index >= 15 is 0 Å². The summed E-state index contributed by atoms with van der Waals surface area (Å²) < 4.78 is 0. The van der Waals surface area contributed by atoms with E-state index in [1.54, 1.807) is 0 Å². The molecule has 1 unspecified atom stereocenters. The maximum absolute atomic E-state index is 12.7. The quantitative estimate of drug-likeness (QED) is 0.849. The van der Waals surface area contributed by atoms with Crippen molar-refractivity contribution < 1.29 is 9.59 Å². The largest absolute Gasteiger partial charge is 0.336 e. The van der Waals surface area contributed by atoms with Crippen molar-refractivity contribution in [2.45, 2.75) is 38.3 Å². The highest BCUT2D eigenvalue weighted by Gasteiger charge is 2.32. The van der Waals surface area contributed by atoms with Crippen LogP contribution in [0.3, 0.4) is 0 Å². The molecule has 29 heavy (non-hydrogen) atoms. The second-order valence-electron chi connectivity index (χ2n) is 8.23. The van der Waals surface area contributed by atoms with Gasteiger partial charge in [0.1, 0.15) is 0 Å². The molecule has 2 heterocycles. The molecule has 152 valence electrons. The summed E-state index contributed by atoms with van der Waals surface area (Å²) in [5, 5.41) is 3.08. The third kappa shape index (κ3) is 5.17. The summed E-state index contributed by atoms with van der Waals surface area (Å²) in [4.78, 5) is 28.7. The Kier molecular flexibility index (Phi) is 6.13. The molecular weight excluding hydrogens is 362 g/mol. The number of benzene rings is 2. The highest BCUT2D eigenvalue weighted by Crippen LogP contribution is 2.22. The minimum atomic E-state index is -0.0965. The molecule has 5 nitrogen and oxygen atoms in total. The van der Waals surface area contributed by atoms with E-state index in [9.17, 15) is 9.59 Å². The first-order chi connectivity index (χ1) is 14.2. The number of urea groups is 1. The normalized spacial score (nSPS) is 20.1. The number of nitrogens with zero attached hydrogens (tertiary/aromatic N) is 2. The van der Waals surface area contributed by atoms with E-state index in [2.05, 4.69) is 29.6 Å². The number of likely N-dealkylation sites (tertiary alicyclic amines) is 2. The number of amides is 3. The van der Waals surface area contributed by atoms with Gasteiger partial charge in [-0.25, -0.2) is 4.79 Å². The number of carbonyl (C=O) groups excluding carboxylic acids is 2. The molecule has 0 radical (unpaired) electrons. The Morgan fingerprint density at radius 2 is 1.55 bits per heavy atom. The summed E-state index contributed by atoms with van der Waals surface area (Å²) in [6.07, 6.45) is 3.54.